The van der Waals surface area contributed by atoms with Crippen LogP contribution in [0.2, 0.25) is 10.0 Å². The standard InChI is InChI=1S/C23H21Cl2N3O5/c1-12(26-19(29)11-32-2)21(30)27-13-8-16(24)20(17(25)9-13)33-14-4-5-18-15(10-14)23(6-3-7-23)22(31)28-18/h4-5,8-10H,1,3,6-7,11H2,2H3,(H,26,29)(H,27,30)(H,28,31). The molecule has 0 unspecified atom stereocenters. The minimum Gasteiger partial charge on any atom is -0.454 e. The van der Waals surface area contributed by atoms with E-state index < -0.39 is 17.2 Å². The van der Waals surface area contributed by atoms with E-state index in [-0.39, 0.29) is 34.0 Å². The number of hydrogen-bond acceptors (Lipinski definition) is 5. The van der Waals surface area contributed by atoms with Crippen molar-refractivity contribution in [2.24, 2.45) is 0 Å². The van der Waals surface area contributed by atoms with Crippen molar-refractivity contribution in [2.45, 2.75) is 24.7 Å². The summed E-state index contributed by atoms with van der Waals surface area (Å²) in [5.41, 5.74) is 1.37. The van der Waals surface area contributed by atoms with Gasteiger partial charge >= 0.3 is 0 Å². The molecule has 1 aliphatic carbocycles. The first-order valence-electron chi connectivity index (χ1n) is 10.2. The van der Waals surface area contributed by atoms with Gasteiger partial charge in [0.15, 0.2) is 5.75 Å². The van der Waals surface area contributed by atoms with Crippen LogP contribution in [0.15, 0.2) is 42.6 Å². The van der Waals surface area contributed by atoms with Crippen LogP contribution < -0.4 is 20.7 Å². The fraction of sp³-hybridized carbons (Fsp3) is 0.261. The Morgan fingerprint density at radius 1 is 1.18 bits per heavy atom. The van der Waals surface area contributed by atoms with Gasteiger partial charge in [0.05, 0.1) is 21.2 Å². The summed E-state index contributed by atoms with van der Waals surface area (Å²) >= 11 is 12.7. The van der Waals surface area contributed by atoms with Gasteiger partial charge < -0.3 is 25.4 Å². The number of nitrogens with one attached hydrogen (secondary N) is 3. The monoisotopic (exact) mass is 489 g/mol. The summed E-state index contributed by atoms with van der Waals surface area (Å²) in [4.78, 5) is 36.2. The minimum atomic E-state index is -0.637. The zero-order valence-corrected chi connectivity index (χ0v) is 19.2. The Bertz CT molecular complexity index is 1150. The Morgan fingerprint density at radius 3 is 2.48 bits per heavy atom. The summed E-state index contributed by atoms with van der Waals surface area (Å²) in [6, 6.07) is 8.30. The highest BCUT2D eigenvalue weighted by Crippen LogP contribution is 2.52. The highest BCUT2D eigenvalue weighted by atomic mass is 35.5. The first kappa shape index (κ1) is 23.1. The largest absolute Gasteiger partial charge is 0.454 e. The van der Waals surface area contributed by atoms with E-state index in [1.54, 1.807) is 12.1 Å². The lowest BCUT2D eigenvalue weighted by Crippen LogP contribution is -2.40. The van der Waals surface area contributed by atoms with Crippen LogP contribution >= 0.6 is 23.2 Å². The second-order valence-corrected chi connectivity index (χ2v) is 8.70. The lowest BCUT2D eigenvalue weighted by molar-refractivity contribution is -0.125. The van der Waals surface area contributed by atoms with E-state index in [2.05, 4.69) is 22.5 Å². The zero-order valence-electron chi connectivity index (χ0n) is 17.7. The summed E-state index contributed by atoms with van der Waals surface area (Å²) in [6.07, 6.45) is 2.62. The van der Waals surface area contributed by atoms with Gasteiger partial charge in [-0.05, 0) is 48.7 Å². The Morgan fingerprint density at radius 2 is 1.88 bits per heavy atom. The fourth-order valence-electron chi connectivity index (χ4n) is 3.93. The zero-order chi connectivity index (χ0) is 23.8. The summed E-state index contributed by atoms with van der Waals surface area (Å²) in [5.74, 6) is -0.416. The quantitative estimate of drug-likeness (QED) is 0.500. The fourth-order valence-corrected chi connectivity index (χ4v) is 4.49. The second kappa shape index (κ2) is 9.05. The van der Waals surface area contributed by atoms with Crippen LogP contribution in [0.5, 0.6) is 11.5 Å². The molecule has 8 nitrogen and oxygen atoms in total. The van der Waals surface area contributed by atoms with Gasteiger partial charge in [-0.3, -0.25) is 14.4 Å². The molecule has 0 atom stereocenters. The number of anilines is 2. The molecule has 2 aromatic rings. The smallest absolute Gasteiger partial charge is 0.271 e. The van der Waals surface area contributed by atoms with E-state index in [0.29, 0.717) is 11.4 Å². The molecule has 4 rings (SSSR count). The summed E-state index contributed by atoms with van der Waals surface area (Å²) < 4.78 is 10.6. The van der Waals surface area contributed by atoms with Crippen molar-refractivity contribution in [3.05, 3.63) is 58.2 Å². The van der Waals surface area contributed by atoms with Crippen molar-refractivity contribution in [1.82, 2.24) is 5.32 Å². The van der Waals surface area contributed by atoms with Crippen LogP contribution in [-0.4, -0.2) is 31.4 Å². The van der Waals surface area contributed by atoms with Gasteiger partial charge in [0.2, 0.25) is 11.8 Å². The molecule has 1 aliphatic heterocycles. The predicted octanol–water partition coefficient (Wildman–Crippen LogP) is 4.37. The molecule has 1 spiro atoms. The van der Waals surface area contributed by atoms with E-state index in [1.165, 1.54) is 19.2 Å². The molecule has 0 saturated heterocycles. The first-order valence-corrected chi connectivity index (χ1v) is 10.9. The average Bonchev–Trinajstić information content (AvgIpc) is 3.02. The normalized spacial score (nSPS) is 15.3. The lowest BCUT2D eigenvalue weighted by Gasteiger charge is -2.36. The number of ether oxygens (including phenoxy) is 2. The summed E-state index contributed by atoms with van der Waals surface area (Å²) in [7, 11) is 1.36. The maximum Gasteiger partial charge on any atom is 0.271 e. The van der Waals surface area contributed by atoms with E-state index in [0.717, 1.165) is 30.5 Å². The molecule has 10 heteroatoms. The number of carbonyl (C=O) groups excluding carboxylic acids is 3. The minimum absolute atomic E-state index is 0.0251. The molecule has 3 amide bonds. The maximum atomic E-state index is 12.4. The maximum absolute atomic E-state index is 12.4. The molecule has 33 heavy (non-hydrogen) atoms. The van der Waals surface area contributed by atoms with Crippen LogP contribution in [0, 0.1) is 0 Å². The molecule has 1 saturated carbocycles. The molecule has 0 aromatic heterocycles. The van der Waals surface area contributed by atoms with E-state index in [9.17, 15) is 14.4 Å². The molecule has 1 heterocycles. The number of carbonyl (C=O) groups is 3. The van der Waals surface area contributed by atoms with Crippen molar-refractivity contribution in [2.75, 3.05) is 24.4 Å². The van der Waals surface area contributed by atoms with Crippen LogP contribution in [0.25, 0.3) is 0 Å². The summed E-state index contributed by atoms with van der Waals surface area (Å²) in [5, 5.41) is 8.15. The Hall–Kier alpha value is -3.07. The van der Waals surface area contributed by atoms with Crippen LogP contribution in [0.4, 0.5) is 11.4 Å². The van der Waals surface area contributed by atoms with Gasteiger partial charge in [0.1, 0.15) is 12.4 Å². The second-order valence-electron chi connectivity index (χ2n) is 7.88. The van der Waals surface area contributed by atoms with Gasteiger partial charge in [-0.25, -0.2) is 0 Å². The molecule has 0 radical (unpaired) electrons. The van der Waals surface area contributed by atoms with Crippen molar-refractivity contribution in [1.29, 1.82) is 0 Å². The van der Waals surface area contributed by atoms with Gasteiger partial charge in [-0.2, -0.15) is 0 Å². The number of hydrogen-bond donors (Lipinski definition) is 3. The molecule has 3 N–H and O–H groups in total. The van der Waals surface area contributed by atoms with Crippen LogP contribution in [0.3, 0.4) is 0 Å². The van der Waals surface area contributed by atoms with Crippen LogP contribution in [0.1, 0.15) is 24.8 Å². The van der Waals surface area contributed by atoms with E-state index >= 15 is 0 Å². The van der Waals surface area contributed by atoms with Crippen molar-refractivity contribution < 1.29 is 23.9 Å². The Labute approximate surface area is 200 Å². The Balaban J connectivity index is 1.49. The molecule has 2 aliphatic rings. The van der Waals surface area contributed by atoms with Gasteiger partial charge in [0, 0.05) is 18.5 Å². The van der Waals surface area contributed by atoms with Gasteiger partial charge in [-0.15, -0.1) is 0 Å². The highest BCUT2D eigenvalue weighted by molar-refractivity contribution is 6.37. The third-order valence-corrected chi connectivity index (χ3v) is 6.27. The number of methoxy groups -OCH3 is 1. The third kappa shape index (κ3) is 4.42. The lowest BCUT2D eigenvalue weighted by atomic mass is 9.65. The summed E-state index contributed by atoms with van der Waals surface area (Å²) in [6.45, 7) is 3.32. The number of rotatable bonds is 7. The molecular formula is C23H21Cl2N3O5. The molecule has 2 aromatic carbocycles. The average molecular weight is 490 g/mol. The number of benzene rings is 2. The van der Waals surface area contributed by atoms with Gasteiger partial charge in [0.25, 0.3) is 5.91 Å². The topological polar surface area (TPSA) is 106 Å². The third-order valence-electron chi connectivity index (χ3n) is 5.71. The predicted molar refractivity (Wildman–Crippen MR) is 125 cm³/mol. The molecule has 1 fully saturated rings. The van der Waals surface area contributed by atoms with Crippen molar-refractivity contribution in [3.8, 4) is 11.5 Å². The molecular weight excluding hydrogens is 469 g/mol. The number of fused-ring (bicyclic) bond motifs is 2. The SMILES string of the molecule is C=C(NC(=O)COC)C(=O)Nc1cc(Cl)c(Oc2ccc3c(c2)C2(CCC2)C(=O)N3)c(Cl)c1. The van der Waals surface area contributed by atoms with Crippen molar-refractivity contribution in [3.63, 3.8) is 0 Å². The van der Waals surface area contributed by atoms with Crippen molar-refractivity contribution >= 4 is 52.3 Å². The van der Waals surface area contributed by atoms with Gasteiger partial charge in [-0.1, -0.05) is 36.2 Å². The first-order chi connectivity index (χ1) is 15.7. The number of halogens is 2. The Kier molecular flexibility index (Phi) is 6.34. The molecule has 0 bridgehead atoms. The number of amides is 3. The highest BCUT2D eigenvalue weighted by Gasteiger charge is 2.51. The van der Waals surface area contributed by atoms with E-state index in [1.807, 2.05) is 6.07 Å². The van der Waals surface area contributed by atoms with Crippen LogP contribution in [-0.2, 0) is 24.5 Å². The molecule has 172 valence electrons. The van der Waals surface area contributed by atoms with E-state index in [4.69, 9.17) is 32.7 Å².